The Bertz CT molecular complexity index is 1000. The lowest BCUT2D eigenvalue weighted by atomic mass is 9.68. The third kappa shape index (κ3) is 4.41. The van der Waals surface area contributed by atoms with Crippen LogP contribution in [0.25, 0.3) is 0 Å². The Kier molecular flexibility index (Phi) is 5.95. The number of benzene rings is 2. The van der Waals surface area contributed by atoms with Gasteiger partial charge in [-0.3, -0.25) is 9.59 Å². The summed E-state index contributed by atoms with van der Waals surface area (Å²) in [6.45, 7) is 5.10. The summed E-state index contributed by atoms with van der Waals surface area (Å²) >= 11 is 0. The average molecular weight is 450 g/mol. The van der Waals surface area contributed by atoms with Crippen LogP contribution in [0.2, 0.25) is 0 Å². The second kappa shape index (κ2) is 8.90. The fraction of sp³-hybridized carbons (Fsp3) is 0.481. The van der Waals surface area contributed by atoms with Gasteiger partial charge in [-0.15, -0.1) is 0 Å². The molecule has 33 heavy (non-hydrogen) atoms. The lowest BCUT2D eigenvalue weighted by molar-refractivity contribution is -0.130. The number of nitrogens with zero attached hydrogens (tertiary/aromatic N) is 1. The van der Waals surface area contributed by atoms with Gasteiger partial charge in [-0.25, -0.2) is 4.39 Å². The highest BCUT2D eigenvalue weighted by Crippen LogP contribution is 2.48. The fourth-order valence-corrected chi connectivity index (χ4v) is 5.90. The van der Waals surface area contributed by atoms with Crippen LogP contribution >= 0.6 is 0 Å². The lowest BCUT2D eigenvalue weighted by Crippen LogP contribution is -2.50. The zero-order valence-electron chi connectivity index (χ0n) is 19.1. The number of likely N-dealkylation sites (tertiary alicyclic amines) is 1. The van der Waals surface area contributed by atoms with Crippen LogP contribution in [0, 0.1) is 17.2 Å². The quantitative estimate of drug-likeness (QED) is 0.710. The number of rotatable bonds is 6. The molecule has 3 fully saturated rings. The molecule has 1 unspecified atom stereocenters. The van der Waals surface area contributed by atoms with Crippen molar-refractivity contribution < 1.29 is 14.0 Å². The predicted octanol–water partition coefficient (Wildman–Crippen LogP) is 3.43. The molecule has 2 saturated heterocycles. The number of piperidine rings is 1. The van der Waals surface area contributed by atoms with E-state index < -0.39 is 5.41 Å². The normalized spacial score (nSPS) is 27.2. The molecule has 174 valence electrons. The average Bonchev–Trinajstić information content (AvgIpc) is 3.57. The van der Waals surface area contributed by atoms with Crippen LogP contribution < -0.4 is 10.6 Å². The summed E-state index contributed by atoms with van der Waals surface area (Å²) in [7, 11) is 0. The zero-order valence-corrected chi connectivity index (χ0v) is 19.1. The molecule has 2 aromatic carbocycles. The Hall–Kier alpha value is -2.73. The van der Waals surface area contributed by atoms with Crippen LogP contribution in [-0.2, 0) is 9.59 Å². The van der Waals surface area contributed by atoms with Crippen molar-refractivity contribution in [2.24, 2.45) is 11.3 Å². The van der Waals surface area contributed by atoms with Crippen LogP contribution in [0.1, 0.15) is 49.1 Å². The number of carbonyl (C=O) groups excluding carboxylic acids is 2. The Morgan fingerprint density at radius 3 is 2.52 bits per heavy atom. The predicted molar refractivity (Wildman–Crippen MR) is 125 cm³/mol. The maximum Gasteiger partial charge on any atom is 0.227 e. The SMILES string of the molecule is C[C@@H](CN1CCC2(CC1)C(=O)NC[C@@H]2c1ccc(F)cc1)NC(=O)C1C[C@H]1c1ccccc1. The van der Waals surface area contributed by atoms with Crippen molar-refractivity contribution in [3.63, 3.8) is 0 Å². The number of nitrogens with one attached hydrogen (secondary N) is 2. The van der Waals surface area contributed by atoms with Crippen LogP contribution in [0.4, 0.5) is 4.39 Å². The van der Waals surface area contributed by atoms with E-state index >= 15 is 0 Å². The van der Waals surface area contributed by atoms with Crippen molar-refractivity contribution in [1.29, 1.82) is 0 Å². The minimum Gasteiger partial charge on any atom is -0.355 e. The van der Waals surface area contributed by atoms with Gasteiger partial charge in [0, 0.05) is 31.0 Å². The minimum atomic E-state index is -0.419. The summed E-state index contributed by atoms with van der Waals surface area (Å²) in [5.41, 5.74) is 1.86. The van der Waals surface area contributed by atoms with E-state index in [1.807, 2.05) is 30.3 Å². The number of amides is 2. The molecule has 1 aliphatic carbocycles. The first-order valence-corrected chi connectivity index (χ1v) is 12.1. The van der Waals surface area contributed by atoms with Crippen molar-refractivity contribution in [1.82, 2.24) is 15.5 Å². The Morgan fingerprint density at radius 1 is 1.12 bits per heavy atom. The Balaban J connectivity index is 1.14. The van der Waals surface area contributed by atoms with E-state index in [9.17, 15) is 14.0 Å². The van der Waals surface area contributed by atoms with Crippen molar-refractivity contribution >= 4 is 11.8 Å². The van der Waals surface area contributed by atoms with Crippen LogP contribution in [0.5, 0.6) is 0 Å². The first kappa shape index (κ1) is 22.1. The first-order chi connectivity index (χ1) is 16.0. The third-order valence-corrected chi connectivity index (χ3v) is 7.88. The van der Waals surface area contributed by atoms with Gasteiger partial charge in [-0.05, 0) is 68.5 Å². The lowest BCUT2D eigenvalue weighted by Gasteiger charge is -2.41. The molecule has 4 atom stereocenters. The van der Waals surface area contributed by atoms with Gasteiger partial charge < -0.3 is 15.5 Å². The van der Waals surface area contributed by atoms with Gasteiger partial charge in [0.2, 0.25) is 11.8 Å². The van der Waals surface area contributed by atoms with Gasteiger partial charge in [0.15, 0.2) is 0 Å². The van der Waals surface area contributed by atoms with Gasteiger partial charge in [-0.1, -0.05) is 42.5 Å². The largest absolute Gasteiger partial charge is 0.355 e. The summed E-state index contributed by atoms with van der Waals surface area (Å²) in [4.78, 5) is 27.9. The van der Waals surface area contributed by atoms with E-state index in [0.717, 1.165) is 44.5 Å². The van der Waals surface area contributed by atoms with Crippen LogP contribution in [0.15, 0.2) is 54.6 Å². The van der Waals surface area contributed by atoms with Crippen molar-refractivity contribution in [3.8, 4) is 0 Å². The third-order valence-electron chi connectivity index (χ3n) is 7.88. The van der Waals surface area contributed by atoms with E-state index in [1.165, 1.54) is 17.7 Å². The molecule has 2 aliphatic heterocycles. The van der Waals surface area contributed by atoms with E-state index in [4.69, 9.17) is 0 Å². The van der Waals surface area contributed by atoms with Gasteiger partial charge in [-0.2, -0.15) is 0 Å². The maximum absolute atomic E-state index is 13.4. The molecule has 3 aliphatic rings. The minimum absolute atomic E-state index is 0.0638. The smallest absolute Gasteiger partial charge is 0.227 e. The molecule has 2 heterocycles. The molecule has 0 aromatic heterocycles. The first-order valence-electron chi connectivity index (χ1n) is 12.1. The summed E-state index contributed by atoms with van der Waals surface area (Å²) < 4.78 is 13.4. The summed E-state index contributed by atoms with van der Waals surface area (Å²) in [6, 6.07) is 16.9. The zero-order chi connectivity index (χ0) is 23.0. The monoisotopic (exact) mass is 449 g/mol. The topological polar surface area (TPSA) is 61.4 Å². The fourth-order valence-electron chi connectivity index (χ4n) is 5.90. The number of halogens is 1. The number of hydrogen-bond donors (Lipinski definition) is 2. The van der Waals surface area contributed by atoms with Crippen molar-refractivity contribution in [2.75, 3.05) is 26.2 Å². The second-order valence-electron chi connectivity index (χ2n) is 10.0. The molecule has 1 spiro atoms. The van der Waals surface area contributed by atoms with Gasteiger partial charge in [0.25, 0.3) is 0 Å². The molecule has 5 rings (SSSR count). The summed E-state index contributed by atoms with van der Waals surface area (Å²) in [6.07, 6.45) is 2.48. The molecular formula is C27H32FN3O2. The Labute approximate surface area is 194 Å². The van der Waals surface area contributed by atoms with Crippen molar-refractivity contribution in [3.05, 3.63) is 71.5 Å². The van der Waals surface area contributed by atoms with E-state index in [1.54, 1.807) is 0 Å². The van der Waals surface area contributed by atoms with Crippen molar-refractivity contribution in [2.45, 2.75) is 44.1 Å². The van der Waals surface area contributed by atoms with E-state index in [-0.39, 0.29) is 35.5 Å². The van der Waals surface area contributed by atoms with Gasteiger partial charge in [0.05, 0.1) is 5.41 Å². The van der Waals surface area contributed by atoms with Gasteiger partial charge >= 0.3 is 0 Å². The molecule has 6 heteroatoms. The van der Waals surface area contributed by atoms with E-state index in [0.29, 0.717) is 12.5 Å². The molecule has 0 bridgehead atoms. The number of hydrogen-bond acceptors (Lipinski definition) is 3. The van der Waals surface area contributed by atoms with Crippen LogP contribution in [-0.4, -0.2) is 48.9 Å². The van der Waals surface area contributed by atoms with Crippen LogP contribution in [0.3, 0.4) is 0 Å². The second-order valence-corrected chi connectivity index (χ2v) is 10.0. The highest BCUT2D eigenvalue weighted by Gasteiger charge is 2.52. The summed E-state index contributed by atoms with van der Waals surface area (Å²) in [5.74, 6) is 0.525. The molecule has 2 N–H and O–H groups in total. The molecular weight excluding hydrogens is 417 g/mol. The van der Waals surface area contributed by atoms with E-state index in [2.05, 4.69) is 34.6 Å². The molecule has 2 amide bonds. The Morgan fingerprint density at radius 2 is 1.82 bits per heavy atom. The summed E-state index contributed by atoms with van der Waals surface area (Å²) in [5, 5.41) is 6.26. The highest BCUT2D eigenvalue weighted by molar-refractivity contribution is 5.86. The molecule has 5 nitrogen and oxygen atoms in total. The number of carbonyl (C=O) groups is 2. The standard InChI is InChI=1S/C27H32FN3O2/c1-18(30-25(32)23-15-22(23)19-5-3-2-4-6-19)17-31-13-11-27(12-14-31)24(16-29-26(27)33)20-7-9-21(28)10-8-20/h2-10,18,22-24H,11-17H2,1H3,(H,29,33)(H,30,32)/t18-,22-,23?,24+/m0/s1. The molecule has 1 saturated carbocycles. The molecule has 2 aromatic rings. The highest BCUT2D eigenvalue weighted by atomic mass is 19.1. The van der Waals surface area contributed by atoms with Gasteiger partial charge in [0.1, 0.15) is 5.82 Å². The molecule has 0 radical (unpaired) electrons. The maximum atomic E-state index is 13.4.